The number of hydrogen-bond donors (Lipinski definition) is 0. The molecule has 0 amide bonds. The molecule has 8 nitrogen and oxygen atoms in total. The molecule has 8 heteroatoms. The summed E-state index contributed by atoms with van der Waals surface area (Å²) in [5.74, 6) is -1.52. The van der Waals surface area contributed by atoms with Crippen molar-refractivity contribution < 1.29 is 38.1 Å². The van der Waals surface area contributed by atoms with E-state index in [1.165, 1.54) is 31.1 Å². The van der Waals surface area contributed by atoms with Gasteiger partial charge in [-0.2, -0.15) is 0 Å². The smallest absolute Gasteiger partial charge is 0.341 e. The lowest BCUT2D eigenvalue weighted by Gasteiger charge is -2.27. The van der Waals surface area contributed by atoms with Crippen LogP contribution in [0.3, 0.4) is 0 Å². The Kier molecular flexibility index (Phi) is 7.56. The Morgan fingerprint density at radius 3 is 2.44 bits per heavy atom. The SMILES string of the molecule is CC(=O)OC1C=C(C2CC3OC3(CCC=C(C)CCC=C(C)C)C(=O)O2)C(OC(C)=O)O1. The number of fused-ring (bicyclic) bond motifs is 1. The van der Waals surface area contributed by atoms with Crippen LogP contribution in [0.4, 0.5) is 0 Å². The Hall–Kier alpha value is -2.45. The Morgan fingerprint density at radius 2 is 1.81 bits per heavy atom. The van der Waals surface area contributed by atoms with E-state index in [1.807, 2.05) is 0 Å². The second-order valence-corrected chi connectivity index (χ2v) is 8.76. The number of esters is 3. The number of carbonyl (C=O) groups is 3. The van der Waals surface area contributed by atoms with Crippen molar-refractivity contribution in [3.8, 4) is 0 Å². The van der Waals surface area contributed by atoms with E-state index < -0.39 is 42.2 Å². The van der Waals surface area contributed by atoms with E-state index in [0.717, 1.165) is 19.3 Å². The predicted octanol–water partition coefficient (Wildman–Crippen LogP) is 3.65. The van der Waals surface area contributed by atoms with Gasteiger partial charge in [0.15, 0.2) is 5.60 Å². The van der Waals surface area contributed by atoms with Crippen LogP contribution in [-0.2, 0) is 38.1 Å². The predicted molar refractivity (Wildman–Crippen MR) is 114 cm³/mol. The van der Waals surface area contributed by atoms with E-state index >= 15 is 0 Å². The fraction of sp³-hybridized carbons (Fsp3) is 0.625. The van der Waals surface area contributed by atoms with E-state index in [1.54, 1.807) is 0 Å². The highest BCUT2D eigenvalue weighted by molar-refractivity contribution is 5.85. The molecule has 0 saturated carbocycles. The molecule has 3 heterocycles. The van der Waals surface area contributed by atoms with Crippen molar-refractivity contribution >= 4 is 17.9 Å². The molecule has 2 saturated heterocycles. The molecule has 0 aromatic heterocycles. The molecule has 5 unspecified atom stereocenters. The lowest BCUT2D eigenvalue weighted by atomic mass is 9.90. The fourth-order valence-corrected chi connectivity index (χ4v) is 4.07. The summed E-state index contributed by atoms with van der Waals surface area (Å²) in [6.45, 7) is 8.77. The van der Waals surface area contributed by atoms with Crippen LogP contribution < -0.4 is 0 Å². The van der Waals surface area contributed by atoms with Gasteiger partial charge in [0.1, 0.15) is 12.2 Å². The Bertz CT molecular complexity index is 850. The molecule has 0 aromatic carbocycles. The molecule has 3 rings (SSSR count). The first-order valence-electron chi connectivity index (χ1n) is 11.0. The van der Waals surface area contributed by atoms with E-state index in [4.69, 9.17) is 23.7 Å². The summed E-state index contributed by atoms with van der Waals surface area (Å²) in [7, 11) is 0. The number of cyclic esters (lactones) is 1. The largest absolute Gasteiger partial charge is 0.455 e. The van der Waals surface area contributed by atoms with Gasteiger partial charge in [0, 0.05) is 25.8 Å². The molecule has 3 aliphatic rings. The summed E-state index contributed by atoms with van der Waals surface area (Å²) < 4.78 is 27.1. The minimum Gasteiger partial charge on any atom is -0.455 e. The Balaban J connectivity index is 1.58. The first-order chi connectivity index (χ1) is 15.1. The number of carbonyl (C=O) groups excluding carboxylic acids is 3. The molecule has 2 fully saturated rings. The third-order valence-corrected chi connectivity index (χ3v) is 5.72. The van der Waals surface area contributed by atoms with Crippen molar-refractivity contribution in [3.05, 3.63) is 34.9 Å². The Labute approximate surface area is 188 Å². The molecule has 0 N–H and O–H groups in total. The summed E-state index contributed by atoms with van der Waals surface area (Å²) in [6, 6.07) is 0. The van der Waals surface area contributed by atoms with Gasteiger partial charge in [-0.3, -0.25) is 14.3 Å². The molecule has 0 radical (unpaired) electrons. The number of ether oxygens (including phenoxy) is 5. The second-order valence-electron chi connectivity index (χ2n) is 8.76. The van der Waals surface area contributed by atoms with Crippen molar-refractivity contribution in [2.75, 3.05) is 0 Å². The van der Waals surface area contributed by atoms with Gasteiger partial charge in [-0.1, -0.05) is 23.3 Å². The highest BCUT2D eigenvalue weighted by Crippen LogP contribution is 2.50. The number of hydrogen-bond acceptors (Lipinski definition) is 8. The van der Waals surface area contributed by atoms with E-state index in [2.05, 4.69) is 32.9 Å². The summed E-state index contributed by atoms with van der Waals surface area (Å²) in [5.41, 5.74) is 2.13. The lowest BCUT2D eigenvalue weighted by molar-refractivity contribution is -0.204. The molecule has 5 atom stereocenters. The minimum absolute atomic E-state index is 0.264. The summed E-state index contributed by atoms with van der Waals surface area (Å²) in [4.78, 5) is 35.5. The van der Waals surface area contributed by atoms with Crippen LogP contribution in [0.5, 0.6) is 0 Å². The topological polar surface area (TPSA) is 101 Å². The second kappa shape index (κ2) is 10.0. The quantitative estimate of drug-likeness (QED) is 0.228. The molecule has 0 aliphatic carbocycles. The van der Waals surface area contributed by atoms with Crippen molar-refractivity contribution in [2.45, 2.75) is 97.1 Å². The van der Waals surface area contributed by atoms with Gasteiger partial charge in [-0.25, -0.2) is 4.79 Å². The first kappa shape index (κ1) is 24.2. The zero-order valence-electron chi connectivity index (χ0n) is 19.3. The van der Waals surface area contributed by atoms with Crippen LogP contribution in [0.2, 0.25) is 0 Å². The summed E-state index contributed by atoms with van der Waals surface area (Å²) in [6.07, 6.45) is 6.58. The van der Waals surface area contributed by atoms with Gasteiger partial charge < -0.3 is 18.9 Å². The van der Waals surface area contributed by atoms with E-state index in [0.29, 0.717) is 18.4 Å². The van der Waals surface area contributed by atoms with Crippen LogP contribution in [0.25, 0.3) is 0 Å². The van der Waals surface area contributed by atoms with Crippen LogP contribution >= 0.6 is 0 Å². The monoisotopic (exact) mass is 448 g/mol. The summed E-state index contributed by atoms with van der Waals surface area (Å²) in [5, 5.41) is 0. The molecule has 0 spiro atoms. The standard InChI is InChI=1S/C24H32O8/c1-14(2)8-6-9-15(3)10-7-11-24-20(32-24)13-19(30-23(24)27)18-12-21(28-16(4)25)31-22(18)29-17(5)26/h8,10,12,19-22H,6-7,9,11,13H2,1-5H3. The van der Waals surface area contributed by atoms with Gasteiger partial charge in [-0.05, 0) is 52.5 Å². The lowest BCUT2D eigenvalue weighted by Crippen LogP contribution is -2.41. The number of epoxide rings is 1. The van der Waals surface area contributed by atoms with Crippen molar-refractivity contribution in [1.82, 2.24) is 0 Å². The van der Waals surface area contributed by atoms with Crippen molar-refractivity contribution in [2.24, 2.45) is 0 Å². The number of rotatable bonds is 9. The zero-order chi connectivity index (χ0) is 23.5. The zero-order valence-corrected chi connectivity index (χ0v) is 19.3. The molecular formula is C24H32O8. The minimum atomic E-state index is -1.08. The fourth-order valence-electron chi connectivity index (χ4n) is 4.07. The van der Waals surface area contributed by atoms with Crippen molar-refractivity contribution in [3.63, 3.8) is 0 Å². The van der Waals surface area contributed by atoms with Crippen molar-refractivity contribution in [1.29, 1.82) is 0 Å². The van der Waals surface area contributed by atoms with Crippen LogP contribution in [0, 0.1) is 0 Å². The van der Waals surface area contributed by atoms with Gasteiger partial charge in [0.25, 0.3) is 0 Å². The van der Waals surface area contributed by atoms with Crippen LogP contribution in [-0.4, -0.2) is 48.3 Å². The maximum absolute atomic E-state index is 12.8. The van der Waals surface area contributed by atoms with Gasteiger partial charge in [0.2, 0.25) is 12.6 Å². The third kappa shape index (κ3) is 5.86. The van der Waals surface area contributed by atoms with E-state index in [-0.39, 0.29) is 6.10 Å². The average molecular weight is 449 g/mol. The summed E-state index contributed by atoms with van der Waals surface area (Å²) >= 11 is 0. The maximum atomic E-state index is 12.8. The van der Waals surface area contributed by atoms with Gasteiger partial charge in [0.05, 0.1) is 0 Å². The Morgan fingerprint density at radius 1 is 1.09 bits per heavy atom. The van der Waals surface area contributed by atoms with Gasteiger partial charge in [-0.15, -0.1) is 0 Å². The third-order valence-electron chi connectivity index (χ3n) is 5.72. The normalized spacial score (nSPS) is 31.2. The highest BCUT2D eigenvalue weighted by atomic mass is 16.8. The van der Waals surface area contributed by atoms with Gasteiger partial charge >= 0.3 is 17.9 Å². The highest BCUT2D eigenvalue weighted by Gasteiger charge is 2.67. The molecule has 3 aliphatic heterocycles. The van der Waals surface area contributed by atoms with Crippen LogP contribution in [0.1, 0.15) is 66.7 Å². The number of allylic oxidation sites excluding steroid dienone is 4. The van der Waals surface area contributed by atoms with Crippen LogP contribution in [0.15, 0.2) is 34.9 Å². The first-order valence-corrected chi connectivity index (χ1v) is 11.0. The molecule has 176 valence electrons. The van der Waals surface area contributed by atoms with E-state index in [9.17, 15) is 14.4 Å². The average Bonchev–Trinajstić information content (AvgIpc) is 3.27. The molecular weight excluding hydrogens is 416 g/mol. The molecule has 0 aromatic rings. The molecule has 0 bridgehead atoms. The maximum Gasteiger partial charge on any atom is 0.341 e. The molecule has 32 heavy (non-hydrogen) atoms.